The molecule has 0 amide bonds. The molecule has 0 aromatic carbocycles. The molecule has 0 aliphatic heterocycles. The monoisotopic (exact) mass is 434 g/mol. The fraction of sp³-hybridized carbons (Fsp3) is 0.923. The van der Waals surface area contributed by atoms with Gasteiger partial charge in [-0.05, 0) is 99.7 Å². The van der Waals surface area contributed by atoms with Gasteiger partial charge in [-0.25, -0.2) is 0 Å². The van der Waals surface area contributed by atoms with Gasteiger partial charge in [-0.15, -0.1) is 0 Å². The van der Waals surface area contributed by atoms with Crippen LogP contribution in [0, 0.1) is 40.4 Å². The Labute approximate surface area is 187 Å². The highest BCUT2D eigenvalue weighted by Gasteiger charge is 2.67. The van der Waals surface area contributed by atoms with Crippen molar-refractivity contribution in [2.45, 2.75) is 111 Å². The van der Waals surface area contributed by atoms with Gasteiger partial charge in [0, 0.05) is 19.8 Å². The van der Waals surface area contributed by atoms with E-state index in [9.17, 15) is 14.7 Å². The maximum atomic E-state index is 12.0. The highest BCUT2D eigenvalue weighted by atomic mass is 16.5. The van der Waals surface area contributed by atoms with Gasteiger partial charge < -0.3 is 14.6 Å². The normalized spacial score (nSPS) is 49.9. The van der Waals surface area contributed by atoms with Crippen molar-refractivity contribution in [3.8, 4) is 0 Å². The van der Waals surface area contributed by atoms with Gasteiger partial charge in [0.1, 0.15) is 12.2 Å². The lowest BCUT2D eigenvalue weighted by Gasteiger charge is -2.65. The third-order valence-electron chi connectivity index (χ3n) is 10.1. The average molecular weight is 435 g/mol. The molecule has 10 atom stereocenters. The SMILES string of the molecule is CC(=O)O[C@H]1CC[C@@]2(C)[C@@H](CC[C@H]3[C@@H]4CC[C@H]([C@@H](C)OC(C)=O)[C@@]4(C)C[C@](C)(O)[C@@H]32)C1. The van der Waals surface area contributed by atoms with E-state index in [1.165, 1.54) is 20.3 Å². The molecule has 0 saturated heterocycles. The number of fused-ring (bicyclic) bond motifs is 5. The summed E-state index contributed by atoms with van der Waals surface area (Å²) in [6.07, 6.45) is 8.09. The molecule has 0 aromatic heterocycles. The summed E-state index contributed by atoms with van der Waals surface area (Å²) < 4.78 is 11.2. The summed E-state index contributed by atoms with van der Waals surface area (Å²) >= 11 is 0. The van der Waals surface area contributed by atoms with Gasteiger partial charge >= 0.3 is 11.9 Å². The van der Waals surface area contributed by atoms with E-state index in [1.807, 2.05) is 6.92 Å². The van der Waals surface area contributed by atoms with Gasteiger partial charge in [-0.2, -0.15) is 0 Å². The zero-order valence-electron chi connectivity index (χ0n) is 20.3. The molecule has 0 unspecified atom stereocenters. The van der Waals surface area contributed by atoms with Crippen LogP contribution in [0.15, 0.2) is 0 Å². The van der Waals surface area contributed by atoms with Gasteiger partial charge in [-0.3, -0.25) is 9.59 Å². The number of hydrogen-bond acceptors (Lipinski definition) is 5. The molecular formula is C26H42O5. The van der Waals surface area contributed by atoms with Crippen molar-refractivity contribution in [3.63, 3.8) is 0 Å². The molecule has 0 bridgehead atoms. The lowest BCUT2D eigenvalue weighted by Crippen LogP contribution is -2.64. The highest BCUT2D eigenvalue weighted by Crippen LogP contribution is 2.70. The van der Waals surface area contributed by atoms with E-state index >= 15 is 0 Å². The Balaban J connectivity index is 1.60. The van der Waals surface area contributed by atoms with E-state index in [0.717, 1.165) is 44.9 Å². The molecule has 4 saturated carbocycles. The first-order valence-electron chi connectivity index (χ1n) is 12.5. The Kier molecular flexibility index (Phi) is 5.76. The van der Waals surface area contributed by atoms with Gasteiger partial charge in [0.05, 0.1) is 5.60 Å². The van der Waals surface area contributed by atoms with Gasteiger partial charge in [0.25, 0.3) is 0 Å². The lowest BCUT2D eigenvalue weighted by atomic mass is 9.41. The molecule has 4 aliphatic rings. The van der Waals surface area contributed by atoms with Crippen molar-refractivity contribution in [2.75, 3.05) is 0 Å². The number of aliphatic hydroxyl groups is 1. The standard InChI is InChI=1S/C26H42O5/c1-15(30-16(2)27)21-9-10-22-20-8-7-18-13-19(31-17(3)28)11-12-24(18,4)23(20)26(6,29)14-25(21,22)5/h15,18-23,29H,7-14H2,1-6H3/t15-,18+,19+,20+,21-,22+,23+,24+,25-,26+/m1/s1. The smallest absolute Gasteiger partial charge is 0.302 e. The number of rotatable bonds is 3. The van der Waals surface area contributed by atoms with Crippen LogP contribution in [0.3, 0.4) is 0 Å². The first-order chi connectivity index (χ1) is 14.4. The van der Waals surface area contributed by atoms with Crippen LogP contribution in [0.2, 0.25) is 0 Å². The highest BCUT2D eigenvalue weighted by molar-refractivity contribution is 5.66. The molecule has 0 spiro atoms. The van der Waals surface area contributed by atoms with Crippen LogP contribution in [0.1, 0.15) is 92.9 Å². The zero-order valence-corrected chi connectivity index (χ0v) is 20.3. The van der Waals surface area contributed by atoms with Crippen molar-refractivity contribution in [2.24, 2.45) is 40.4 Å². The zero-order chi connectivity index (χ0) is 22.8. The number of carbonyl (C=O) groups excluding carboxylic acids is 2. The van der Waals surface area contributed by atoms with Crippen molar-refractivity contribution >= 4 is 11.9 Å². The fourth-order valence-corrected chi connectivity index (χ4v) is 9.49. The fourth-order valence-electron chi connectivity index (χ4n) is 9.49. The van der Waals surface area contributed by atoms with E-state index in [1.54, 1.807) is 0 Å². The molecule has 4 aliphatic carbocycles. The van der Waals surface area contributed by atoms with Gasteiger partial charge in [-0.1, -0.05) is 13.8 Å². The van der Waals surface area contributed by atoms with Crippen molar-refractivity contribution in [1.82, 2.24) is 0 Å². The number of ether oxygens (including phenoxy) is 2. The van der Waals surface area contributed by atoms with Crippen LogP contribution < -0.4 is 0 Å². The van der Waals surface area contributed by atoms with Gasteiger partial charge in [0.2, 0.25) is 0 Å². The minimum Gasteiger partial charge on any atom is -0.463 e. The molecule has 5 heteroatoms. The largest absolute Gasteiger partial charge is 0.463 e. The number of carbonyl (C=O) groups is 2. The second-order valence-electron chi connectivity index (χ2n) is 12.1. The first-order valence-corrected chi connectivity index (χ1v) is 12.5. The molecular weight excluding hydrogens is 392 g/mol. The summed E-state index contributed by atoms with van der Waals surface area (Å²) in [4.78, 5) is 23.1. The predicted octanol–water partition coefficient (Wildman–Crippen LogP) is 4.89. The van der Waals surface area contributed by atoms with E-state index in [0.29, 0.717) is 23.7 Å². The molecule has 0 aromatic rings. The Bertz CT molecular complexity index is 731. The van der Waals surface area contributed by atoms with Crippen LogP contribution in [-0.2, 0) is 19.1 Å². The lowest BCUT2D eigenvalue weighted by molar-refractivity contribution is -0.225. The predicted molar refractivity (Wildman–Crippen MR) is 118 cm³/mol. The van der Waals surface area contributed by atoms with Crippen LogP contribution in [0.25, 0.3) is 0 Å². The quantitative estimate of drug-likeness (QED) is 0.640. The number of hydrogen-bond donors (Lipinski definition) is 1. The second kappa shape index (κ2) is 7.74. The summed E-state index contributed by atoms with van der Waals surface area (Å²) in [6, 6.07) is 0. The molecule has 0 radical (unpaired) electrons. The van der Waals surface area contributed by atoms with E-state index in [4.69, 9.17) is 9.47 Å². The maximum absolute atomic E-state index is 12.0. The van der Waals surface area contributed by atoms with Crippen LogP contribution >= 0.6 is 0 Å². The van der Waals surface area contributed by atoms with E-state index in [2.05, 4.69) is 20.8 Å². The average Bonchev–Trinajstić information content (AvgIpc) is 2.96. The maximum Gasteiger partial charge on any atom is 0.302 e. The summed E-state index contributed by atoms with van der Waals surface area (Å²) in [5.41, 5.74) is -0.655. The third-order valence-corrected chi connectivity index (χ3v) is 10.1. The number of esters is 2. The Morgan fingerprint density at radius 2 is 1.68 bits per heavy atom. The molecule has 31 heavy (non-hydrogen) atoms. The third kappa shape index (κ3) is 3.73. The van der Waals surface area contributed by atoms with Crippen LogP contribution in [-0.4, -0.2) is 34.9 Å². The molecule has 0 heterocycles. The van der Waals surface area contributed by atoms with Crippen molar-refractivity contribution in [3.05, 3.63) is 0 Å². The first kappa shape index (κ1) is 23.1. The van der Waals surface area contributed by atoms with Crippen LogP contribution in [0.5, 0.6) is 0 Å². The minimum absolute atomic E-state index is 0.00231. The van der Waals surface area contributed by atoms with Crippen molar-refractivity contribution < 1.29 is 24.2 Å². The molecule has 4 rings (SSSR count). The summed E-state index contributed by atoms with van der Waals surface area (Å²) in [5, 5.41) is 12.0. The Hall–Kier alpha value is -1.10. The summed E-state index contributed by atoms with van der Waals surface area (Å²) in [5.74, 6) is 1.77. The minimum atomic E-state index is -0.740. The topological polar surface area (TPSA) is 72.8 Å². The summed E-state index contributed by atoms with van der Waals surface area (Å²) in [6.45, 7) is 11.9. The Morgan fingerprint density at radius 1 is 0.968 bits per heavy atom. The Morgan fingerprint density at radius 3 is 2.32 bits per heavy atom. The van der Waals surface area contributed by atoms with Crippen LogP contribution in [0.4, 0.5) is 0 Å². The van der Waals surface area contributed by atoms with E-state index in [-0.39, 0.29) is 40.9 Å². The van der Waals surface area contributed by atoms with Crippen molar-refractivity contribution in [1.29, 1.82) is 0 Å². The summed E-state index contributed by atoms with van der Waals surface area (Å²) in [7, 11) is 0. The molecule has 5 nitrogen and oxygen atoms in total. The molecule has 4 fully saturated rings. The van der Waals surface area contributed by atoms with E-state index < -0.39 is 5.60 Å². The molecule has 176 valence electrons. The second-order valence-corrected chi connectivity index (χ2v) is 12.1. The molecule has 1 N–H and O–H groups in total. The van der Waals surface area contributed by atoms with Gasteiger partial charge in [0.15, 0.2) is 0 Å².